The molecule has 39 heavy (non-hydrogen) atoms. The Hall–Kier alpha value is -5.04. The van der Waals surface area contributed by atoms with E-state index in [1.54, 1.807) is 54.6 Å². The van der Waals surface area contributed by atoms with Crippen LogP contribution in [0.15, 0.2) is 108 Å². The van der Waals surface area contributed by atoms with Gasteiger partial charge in [-0.1, -0.05) is 48.5 Å². The average Bonchev–Trinajstić information content (AvgIpc) is 3.40. The molecule has 0 aliphatic carbocycles. The number of hydrogen-bond donors (Lipinski definition) is 3. The molecule has 0 aliphatic rings. The predicted octanol–water partition coefficient (Wildman–Crippen LogP) is 5.86. The maximum atomic E-state index is 12.6. The standard InChI is InChI=1S/C32H29N3O4/c33-27-8-4-5-9-28(27)35-31(36)24-13-15-26(16-14-24)38-19-18-34-32(37)30-21-25-20-23(12-17-29(25)39-30)11-10-22-6-2-1-3-7-22/h1-9,12-17,20-21H,10-11,18-19,33H2,(H,34,37)(H,35,36). The van der Waals surface area contributed by atoms with E-state index >= 15 is 0 Å². The highest BCUT2D eigenvalue weighted by atomic mass is 16.5. The van der Waals surface area contributed by atoms with Crippen molar-refractivity contribution in [3.8, 4) is 5.75 Å². The predicted molar refractivity (Wildman–Crippen MR) is 153 cm³/mol. The van der Waals surface area contributed by atoms with Gasteiger partial charge >= 0.3 is 0 Å². The van der Waals surface area contributed by atoms with Crippen LogP contribution in [-0.2, 0) is 12.8 Å². The third-order valence-electron chi connectivity index (χ3n) is 6.33. The Morgan fingerprint density at radius 3 is 2.31 bits per heavy atom. The van der Waals surface area contributed by atoms with Crippen LogP contribution < -0.4 is 21.1 Å². The lowest BCUT2D eigenvalue weighted by Gasteiger charge is -2.09. The van der Waals surface area contributed by atoms with Gasteiger partial charge in [0.1, 0.15) is 17.9 Å². The Kier molecular flexibility index (Phi) is 7.88. The van der Waals surface area contributed by atoms with E-state index in [0.717, 1.165) is 18.2 Å². The van der Waals surface area contributed by atoms with Gasteiger partial charge in [-0.2, -0.15) is 0 Å². The van der Waals surface area contributed by atoms with Gasteiger partial charge in [0.2, 0.25) is 0 Å². The molecule has 0 aliphatic heterocycles. The lowest BCUT2D eigenvalue weighted by atomic mass is 10.0. The van der Waals surface area contributed by atoms with Crippen LogP contribution in [0.25, 0.3) is 11.0 Å². The molecule has 5 rings (SSSR count). The fourth-order valence-corrected chi connectivity index (χ4v) is 4.22. The summed E-state index contributed by atoms with van der Waals surface area (Å²) in [5.74, 6) is 0.292. The first kappa shape index (κ1) is 25.6. The minimum absolute atomic E-state index is 0.263. The van der Waals surface area contributed by atoms with Crippen molar-refractivity contribution in [1.82, 2.24) is 5.32 Å². The zero-order valence-electron chi connectivity index (χ0n) is 21.4. The third-order valence-corrected chi connectivity index (χ3v) is 6.33. The van der Waals surface area contributed by atoms with Crippen molar-refractivity contribution in [3.05, 3.63) is 126 Å². The molecular formula is C32H29N3O4. The number of benzene rings is 4. The minimum atomic E-state index is -0.298. The van der Waals surface area contributed by atoms with E-state index in [1.807, 2.05) is 30.3 Å². The Morgan fingerprint density at radius 1 is 0.769 bits per heavy atom. The lowest BCUT2D eigenvalue weighted by Crippen LogP contribution is -2.27. The number of nitrogens with one attached hydrogen (secondary N) is 2. The van der Waals surface area contributed by atoms with Crippen LogP contribution in [0, 0.1) is 0 Å². The summed E-state index contributed by atoms with van der Waals surface area (Å²) >= 11 is 0. The number of amides is 2. The topological polar surface area (TPSA) is 107 Å². The van der Waals surface area contributed by atoms with Crippen LogP contribution in [0.4, 0.5) is 11.4 Å². The molecule has 196 valence electrons. The summed E-state index contributed by atoms with van der Waals surface area (Å²) in [6.07, 6.45) is 1.87. The molecule has 5 aromatic rings. The largest absolute Gasteiger partial charge is 0.492 e. The molecule has 7 heteroatoms. The zero-order valence-corrected chi connectivity index (χ0v) is 21.4. The highest BCUT2D eigenvalue weighted by Gasteiger charge is 2.13. The van der Waals surface area contributed by atoms with E-state index in [4.69, 9.17) is 14.9 Å². The van der Waals surface area contributed by atoms with E-state index in [-0.39, 0.29) is 24.2 Å². The summed E-state index contributed by atoms with van der Waals surface area (Å²) in [5, 5.41) is 6.51. The second-order valence-electron chi connectivity index (χ2n) is 9.14. The van der Waals surface area contributed by atoms with E-state index in [9.17, 15) is 9.59 Å². The first-order valence-corrected chi connectivity index (χ1v) is 12.8. The van der Waals surface area contributed by atoms with Crippen molar-refractivity contribution in [1.29, 1.82) is 0 Å². The quantitative estimate of drug-likeness (QED) is 0.158. The zero-order chi connectivity index (χ0) is 27.0. The number of rotatable bonds is 10. The molecule has 0 bridgehead atoms. The first-order chi connectivity index (χ1) is 19.0. The fourth-order valence-electron chi connectivity index (χ4n) is 4.22. The molecular weight excluding hydrogens is 490 g/mol. The van der Waals surface area contributed by atoms with Gasteiger partial charge in [-0.15, -0.1) is 0 Å². The summed E-state index contributed by atoms with van der Waals surface area (Å²) in [5.41, 5.74) is 10.6. The molecule has 4 aromatic carbocycles. The van der Waals surface area contributed by atoms with Crippen LogP contribution >= 0.6 is 0 Å². The number of hydrogen-bond acceptors (Lipinski definition) is 5. The molecule has 1 heterocycles. The van der Waals surface area contributed by atoms with Gasteiger partial charge in [-0.3, -0.25) is 9.59 Å². The SMILES string of the molecule is Nc1ccccc1NC(=O)c1ccc(OCCNC(=O)c2cc3cc(CCc4ccccc4)ccc3o2)cc1. The number of carbonyl (C=O) groups excluding carboxylic acids is 2. The van der Waals surface area contributed by atoms with Gasteiger partial charge in [-0.25, -0.2) is 0 Å². The number of fused-ring (bicyclic) bond motifs is 1. The van der Waals surface area contributed by atoms with E-state index in [0.29, 0.717) is 34.8 Å². The molecule has 1 aromatic heterocycles. The van der Waals surface area contributed by atoms with Crippen molar-refractivity contribution in [2.45, 2.75) is 12.8 Å². The molecule has 7 nitrogen and oxygen atoms in total. The summed E-state index contributed by atoms with van der Waals surface area (Å²) in [6.45, 7) is 0.565. The van der Waals surface area contributed by atoms with Crippen molar-refractivity contribution < 1.29 is 18.7 Å². The number of anilines is 2. The van der Waals surface area contributed by atoms with Crippen LogP contribution in [0.3, 0.4) is 0 Å². The van der Waals surface area contributed by atoms with Crippen molar-refractivity contribution >= 4 is 34.2 Å². The highest BCUT2D eigenvalue weighted by molar-refractivity contribution is 6.05. The number of carbonyl (C=O) groups is 2. The van der Waals surface area contributed by atoms with Crippen LogP contribution in [-0.4, -0.2) is 25.0 Å². The molecule has 0 fully saturated rings. The van der Waals surface area contributed by atoms with Crippen molar-refractivity contribution in [2.75, 3.05) is 24.2 Å². The normalized spacial score (nSPS) is 10.8. The molecule has 0 radical (unpaired) electrons. The van der Waals surface area contributed by atoms with Gasteiger partial charge < -0.3 is 25.5 Å². The van der Waals surface area contributed by atoms with E-state index in [1.165, 1.54) is 11.1 Å². The lowest BCUT2D eigenvalue weighted by molar-refractivity contribution is 0.0920. The molecule has 2 amide bonds. The molecule has 0 atom stereocenters. The van der Waals surface area contributed by atoms with Crippen molar-refractivity contribution in [2.24, 2.45) is 0 Å². The second-order valence-corrected chi connectivity index (χ2v) is 9.14. The first-order valence-electron chi connectivity index (χ1n) is 12.8. The molecule has 0 saturated heterocycles. The minimum Gasteiger partial charge on any atom is -0.492 e. The molecule has 0 spiro atoms. The van der Waals surface area contributed by atoms with E-state index < -0.39 is 0 Å². The molecule has 0 unspecified atom stereocenters. The van der Waals surface area contributed by atoms with Crippen LogP contribution in [0.1, 0.15) is 32.0 Å². The summed E-state index contributed by atoms with van der Waals surface area (Å²) in [4.78, 5) is 25.1. The second kappa shape index (κ2) is 12.0. The van der Waals surface area contributed by atoms with Gasteiger partial charge in [0, 0.05) is 10.9 Å². The monoisotopic (exact) mass is 519 g/mol. The number of aryl methyl sites for hydroxylation is 2. The van der Waals surface area contributed by atoms with Gasteiger partial charge in [0.25, 0.3) is 11.8 Å². The average molecular weight is 520 g/mol. The maximum Gasteiger partial charge on any atom is 0.287 e. The number of ether oxygens (including phenoxy) is 1. The Balaban J connectivity index is 1.08. The smallest absolute Gasteiger partial charge is 0.287 e. The fraction of sp³-hybridized carbons (Fsp3) is 0.125. The number of furan rings is 1. The van der Waals surface area contributed by atoms with Gasteiger partial charge in [0.15, 0.2) is 5.76 Å². The Morgan fingerprint density at radius 2 is 1.51 bits per heavy atom. The third kappa shape index (κ3) is 6.64. The van der Waals surface area contributed by atoms with Gasteiger partial charge in [0.05, 0.1) is 17.9 Å². The Bertz CT molecular complexity index is 1580. The van der Waals surface area contributed by atoms with Crippen molar-refractivity contribution in [3.63, 3.8) is 0 Å². The van der Waals surface area contributed by atoms with Gasteiger partial charge in [-0.05, 0) is 78.6 Å². The van der Waals surface area contributed by atoms with Crippen LogP contribution in [0.2, 0.25) is 0 Å². The molecule has 0 saturated carbocycles. The maximum absolute atomic E-state index is 12.6. The number of nitrogens with two attached hydrogens (primary N) is 1. The summed E-state index contributed by atoms with van der Waals surface area (Å²) in [6, 6.07) is 32.0. The Labute approximate surface area is 226 Å². The number of para-hydroxylation sites is 2. The summed E-state index contributed by atoms with van der Waals surface area (Å²) < 4.78 is 11.5. The van der Waals surface area contributed by atoms with E-state index in [2.05, 4.69) is 28.8 Å². The number of nitrogen functional groups attached to an aromatic ring is 1. The molecule has 4 N–H and O–H groups in total. The van der Waals surface area contributed by atoms with Crippen LogP contribution in [0.5, 0.6) is 5.75 Å². The highest BCUT2D eigenvalue weighted by Crippen LogP contribution is 2.22. The summed E-state index contributed by atoms with van der Waals surface area (Å²) in [7, 11) is 0.